The maximum absolute atomic E-state index is 13.3. The Kier molecular flexibility index (Phi) is 3.82. The van der Waals surface area contributed by atoms with E-state index in [2.05, 4.69) is 10.3 Å². The molecule has 2 aromatic rings. The van der Waals surface area contributed by atoms with Gasteiger partial charge in [-0.3, -0.25) is 9.78 Å². The lowest BCUT2D eigenvalue weighted by Crippen LogP contribution is -2.14. The van der Waals surface area contributed by atoms with Crippen molar-refractivity contribution in [3.8, 4) is 0 Å². The van der Waals surface area contributed by atoms with Gasteiger partial charge in [0.2, 0.25) is 0 Å². The maximum atomic E-state index is 13.3. The van der Waals surface area contributed by atoms with Crippen molar-refractivity contribution in [2.45, 2.75) is 6.54 Å². The number of hydrogen-bond acceptors (Lipinski definition) is 3. The fourth-order valence-corrected chi connectivity index (χ4v) is 1.57. The standard InChI is InChI=1S/C13H11F2N3O/c14-11-2-1-9(5-8(11)6-16)18-13(19)10-3-4-17-7-12(10)15/h1-5,7H,6,16H2,(H,18,19). The summed E-state index contributed by atoms with van der Waals surface area (Å²) >= 11 is 0. The van der Waals surface area contributed by atoms with E-state index >= 15 is 0 Å². The molecule has 0 aliphatic heterocycles. The molecule has 1 heterocycles. The lowest BCUT2D eigenvalue weighted by molar-refractivity contribution is 0.102. The van der Waals surface area contributed by atoms with Gasteiger partial charge in [0, 0.05) is 24.0 Å². The zero-order valence-corrected chi connectivity index (χ0v) is 9.86. The van der Waals surface area contributed by atoms with Crippen LogP contribution in [0.25, 0.3) is 0 Å². The summed E-state index contributed by atoms with van der Waals surface area (Å²) in [6.07, 6.45) is 2.26. The molecule has 3 N–H and O–H groups in total. The number of aromatic nitrogens is 1. The molecule has 1 aromatic heterocycles. The van der Waals surface area contributed by atoms with Crippen molar-refractivity contribution in [2.24, 2.45) is 5.73 Å². The Morgan fingerprint density at radius 3 is 2.74 bits per heavy atom. The molecule has 2 rings (SSSR count). The van der Waals surface area contributed by atoms with Crippen molar-refractivity contribution in [1.29, 1.82) is 0 Å². The van der Waals surface area contributed by atoms with E-state index in [4.69, 9.17) is 5.73 Å². The van der Waals surface area contributed by atoms with Gasteiger partial charge in [-0.05, 0) is 24.3 Å². The molecule has 0 fully saturated rings. The van der Waals surface area contributed by atoms with Crippen molar-refractivity contribution in [3.05, 3.63) is 59.4 Å². The largest absolute Gasteiger partial charge is 0.326 e. The zero-order chi connectivity index (χ0) is 13.8. The Bertz CT molecular complexity index is 617. The normalized spacial score (nSPS) is 10.3. The smallest absolute Gasteiger partial charge is 0.258 e. The summed E-state index contributed by atoms with van der Waals surface area (Å²) in [5.74, 6) is -1.80. The molecule has 0 spiro atoms. The predicted octanol–water partition coefficient (Wildman–Crippen LogP) is 2.07. The molecule has 4 nitrogen and oxygen atoms in total. The summed E-state index contributed by atoms with van der Waals surface area (Å²) in [6.45, 7) is 0.0131. The third-order valence-corrected chi connectivity index (χ3v) is 2.54. The number of benzene rings is 1. The van der Waals surface area contributed by atoms with Gasteiger partial charge in [-0.2, -0.15) is 0 Å². The van der Waals surface area contributed by atoms with Crippen molar-refractivity contribution >= 4 is 11.6 Å². The predicted molar refractivity (Wildman–Crippen MR) is 66.4 cm³/mol. The minimum atomic E-state index is -0.721. The van der Waals surface area contributed by atoms with Crippen LogP contribution in [-0.4, -0.2) is 10.9 Å². The highest BCUT2D eigenvalue weighted by Crippen LogP contribution is 2.16. The Labute approximate surface area is 108 Å². The summed E-state index contributed by atoms with van der Waals surface area (Å²) in [4.78, 5) is 15.4. The second kappa shape index (κ2) is 5.53. The van der Waals surface area contributed by atoms with Crippen LogP contribution in [0.5, 0.6) is 0 Å². The van der Waals surface area contributed by atoms with Crippen LogP contribution in [0.1, 0.15) is 15.9 Å². The Morgan fingerprint density at radius 2 is 2.05 bits per heavy atom. The highest BCUT2D eigenvalue weighted by Gasteiger charge is 2.12. The van der Waals surface area contributed by atoms with Gasteiger partial charge in [0.15, 0.2) is 5.82 Å². The number of nitrogens with one attached hydrogen (secondary N) is 1. The van der Waals surface area contributed by atoms with Crippen LogP contribution < -0.4 is 11.1 Å². The van der Waals surface area contributed by atoms with E-state index in [1.807, 2.05) is 0 Å². The highest BCUT2D eigenvalue weighted by molar-refractivity contribution is 6.04. The highest BCUT2D eigenvalue weighted by atomic mass is 19.1. The van der Waals surface area contributed by atoms with Gasteiger partial charge < -0.3 is 11.1 Å². The fraction of sp³-hybridized carbons (Fsp3) is 0.0769. The van der Waals surface area contributed by atoms with Crippen molar-refractivity contribution in [2.75, 3.05) is 5.32 Å². The molecule has 1 amide bonds. The summed E-state index contributed by atoms with van der Waals surface area (Å²) in [7, 11) is 0. The minimum absolute atomic E-state index is 0.0131. The Morgan fingerprint density at radius 1 is 1.26 bits per heavy atom. The maximum Gasteiger partial charge on any atom is 0.258 e. The molecule has 0 atom stereocenters. The van der Waals surface area contributed by atoms with Crippen LogP contribution in [0.2, 0.25) is 0 Å². The summed E-state index contributed by atoms with van der Waals surface area (Å²) < 4.78 is 26.6. The third-order valence-electron chi connectivity index (χ3n) is 2.54. The van der Waals surface area contributed by atoms with E-state index < -0.39 is 17.5 Å². The third kappa shape index (κ3) is 2.92. The molecular weight excluding hydrogens is 252 g/mol. The molecule has 98 valence electrons. The van der Waals surface area contributed by atoms with E-state index in [1.54, 1.807) is 0 Å². The van der Waals surface area contributed by atoms with E-state index in [0.717, 1.165) is 6.20 Å². The fourth-order valence-electron chi connectivity index (χ4n) is 1.57. The van der Waals surface area contributed by atoms with E-state index in [-0.39, 0.29) is 17.7 Å². The summed E-state index contributed by atoms with van der Waals surface area (Å²) in [5.41, 5.74) is 5.86. The molecule has 1 aromatic carbocycles. The van der Waals surface area contributed by atoms with Gasteiger partial charge in [-0.25, -0.2) is 8.78 Å². The van der Waals surface area contributed by atoms with Crippen molar-refractivity contribution < 1.29 is 13.6 Å². The number of nitrogens with zero attached hydrogens (tertiary/aromatic N) is 1. The molecule has 0 radical (unpaired) electrons. The summed E-state index contributed by atoms with van der Waals surface area (Å²) in [5, 5.41) is 2.47. The SMILES string of the molecule is NCc1cc(NC(=O)c2ccncc2F)ccc1F. The molecule has 19 heavy (non-hydrogen) atoms. The van der Waals surface area contributed by atoms with Crippen LogP contribution in [0, 0.1) is 11.6 Å². The first kappa shape index (κ1) is 13.1. The molecular formula is C13H11F2N3O. The van der Waals surface area contributed by atoms with E-state index in [9.17, 15) is 13.6 Å². The second-order valence-corrected chi connectivity index (χ2v) is 3.82. The molecule has 6 heteroatoms. The first-order valence-corrected chi connectivity index (χ1v) is 5.51. The molecule has 0 unspecified atom stereocenters. The van der Waals surface area contributed by atoms with Crippen LogP contribution in [0.3, 0.4) is 0 Å². The van der Waals surface area contributed by atoms with Crippen LogP contribution in [-0.2, 0) is 6.54 Å². The van der Waals surface area contributed by atoms with E-state index in [1.165, 1.54) is 30.5 Å². The average Bonchev–Trinajstić information content (AvgIpc) is 2.41. The number of carbonyl (C=O) groups is 1. The lowest BCUT2D eigenvalue weighted by Gasteiger charge is -2.08. The number of nitrogens with two attached hydrogens (primary N) is 1. The number of rotatable bonds is 3. The summed E-state index contributed by atoms with van der Waals surface area (Å²) in [6, 6.07) is 5.25. The topological polar surface area (TPSA) is 68.0 Å². The minimum Gasteiger partial charge on any atom is -0.326 e. The van der Waals surface area contributed by atoms with Crippen molar-refractivity contribution in [1.82, 2.24) is 4.98 Å². The average molecular weight is 263 g/mol. The first-order valence-electron chi connectivity index (χ1n) is 5.51. The van der Waals surface area contributed by atoms with Crippen LogP contribution >= 0.6 is 0 Å². The number of anilines is 1. The zero-order valence-electron chi connectivity index (χ0n) is 9.86. The number of halogens is 2. The Hall–Kier alpha value is -2.34. The first-order chi connectivity index (χ1) is 9.11. The van der Waals surface area contributed by atoms with Gasteiger partial charge >= 0.3 is 0 Å². The number of carbonyl (C=O) groups excluding carboxylic acids is 1. The van der Waals surface area contributed by atoms with Crippen LogP contribution in [0.4, 0.5) is 14.5 Å². The second-order valence-electron chi connectivity index (χ2n) is 3.82. The molecule has 0 saturated carbocycles. The number of amides is 1. The van der Waals surface area contributed by atoms with Gasteiger partial charge in [0.05, 0.1) is 11.8 Å². The van der Waals surface area contributed by atoms with E-state index in [0.29, 0.717) is 5.69 Å². The Balaban J connectivity index is 2.22. The van der Waals surface area contributed by atoms with Gasteiger partial charge in [0.1, 0.15) is 5.82 Å². The molecule has 0 bridgehead atoms. The quantitative estimate of drug-likeness (QED) is 0.890. The van der Waals surface area contributed by atoms with Gasteiger partial charge in [-0.1, -0.05) is 0 Å². The monoisotopic (exact) mass is 263 g/mol. The van der Waals surface area contributed by atoms with Gasteiger partial charge in [-0.15, -0.1) is 0 Å². The lowest BCUT2D eigenvalue weighted by atomic mass is 10.1. The molecule has 0 aliphatic carbocycles. The molecule has 0 aliphatic rings. The van der Waals surface area contributed by atoms with Crippen molar-refractivity contribution in [3.63, 3.8) is 0 Å². The molecule has 0 saturated heterocycles. The van der Waals surface area contributed by atoms with Gasteiger partial charge in [0.25, 0.3) is 5.91 Å². The number of pyridine rings is 1. The van der Waals surface area contributed by atoms with Crippen LogP contribution in [0.15, 0.2) is 36.7 Å². The number of hydrogen-bond donors (Lipinski definition) is 2.